The lowest BCUT2D eigenvalue weighted by Gasteiger charge is -2.33. The number of thiophene rings is 1. The number of nitrogens with zero attached hydrogens (tertiary/aromatic N) is 2. The average Bonchev–Trinajstić information content (AvgIpc) is 2.92. The second-order valence-electron chi connectivity index (χ2n) is 5.06. The van der Waals surface area contributed by atoms with Gasteiger partial charge in [-0.1, -0.05) is 6.07 Å². The molecular formula is C15H15FN2O2S. The van der Waals surface area contributed by atoms with Crippen molar-refractivity contribution in [3.63, 3.8) is 0 Å². The number of carbonyl (C=O) groups is 2. The largest absolute Gasteiger partial charge is 0.339 e. The fraction of sp³-hybridized carbons (Fsp3) is 0.333. The highest BCUT2D eigenvalue weighted by Crippen LogP contribution is 2.28. The van der Waals surface area contributed by atoms with Gasteiger partial charge in [-0.2, -0.15) is 0 Å². The highest BCUT2D eigenvalue weighted by molar-refractivity contribution is 7.20. The standard InChI is InChI=1S/C15H15FN2O2S/c1-10(19)17-5-7-18(8-6-17)15(20)14-9-11-12(16)3-2-4-13(11)21-14/h2-4,9H,5-8H2,1H3. The summed E-state index contributed by atoms with van der Waals surface area (Å²) in [6, 6.07) is 6.48. The van der Waals surface area contributed by atoms with E-state index in [1.165, 1.54) is 24.3 Å². The minimum absolute atomic E-state index is 0.0334. The van der Waals surface area contributed by atoms with Crippen LogP contribution >= 0.6 is 11.3 Å². The lowest BCUT2D eigenvalue weighted by molar-refractivity contribution is -0.130. The summed E-state index contributed by atoms with van der Waals surface area (Å²) >= 11 is 1.31. The minimum Gasteiger partial charge on any atom is -0.339 e. The highest BCUT2D eigenvalue weighted by Gasteiger charge is 2.24. The van der Waals surface area contributed by atoms with Crippen LogP contribution in [-0.4, -0.2) is 47.8 Å². The number of rotatable bonds is 1. The van der Waals surface area contributed by atoms with Crippen LogP contribution in [0.25, 0.3) is 10.1 Å². The van der Waals surface area contributed by atoms with E-state index in [1.54, 1.807) is 21.9 Å². The van der Waals surface area contributed by atoms with Gasteiger partial charge in [-0.3, -0.25) is 9.59 Å². The fourth-order valence-electron chi connectivity index (χ4n) is 2.51. The molecule has 0 N–H and O–H groups in total. The summed E-state index contributed by atoms with van der Waals surface area (Å²) in [5.41, 5.74) is 0. The molecule has 4 nitrogen and oxygen atoms in total. The normalized spacial score (nSPS) is 15.5. The summed E-state index contributed by atoms with van der Waals surface area (Å²) in [6.07, 6.45) is 0. The SMILES string of the molecule is CC(=O)N1CCN(C(=O)c2cc3c(F)cccc3s2)CC1. The minimum atomic E-state index is -0.302. The Labute approximate surface area is 125 Å². The Morgan fingerprint density at radius 1 is 1.14 bits per heavy atom. The van der Waals surface area contributed by atoms with Crippen LogP contribution in [0.1, 0.15) is 16.6 Å². The van der Waals surface area contributed by atoms with E-state index in [2.05, 4.69) is 0 Å². The molecule has 0 aliphatic carbocycles. The van der Waals surface area contributed by atoms with Gasteiger partial charge in [0.25, 0.3) is 5.91 Å². The first-order valence-electron chi connectivity index (χ1n) is 6.79. The van der Waals surface area contributed by atoms with E-state index in [1.807, 2.05) is 6.07 Å². The second-order valence-corrected chi connectivity index (χ2v) is 6.14. The van der Waals surface area contributed by atoms with Gasteiger partial charge in [-0.25, -0.2) is 4.39 Å². The molecule has 2 aromatic rings. The number of hydrogen-bond donors (Lipinski definition) is 0. The first-order chi connectivity index (χ1) is 10.1. The molecule has 0 radical (unpaired) electrons. The summed E-state index contributed by atoms with van der Waals surface area (Å²) in [5.74, 6) is -0.353. The van der Waals surface area contributed by atoms with Crippen molar-refractivity contribution >= 4 is 33.2 Å². The van der Waals surface area contributed by atoms with Crippen LogP contribution in [0, 0.1) is 5.82 Å². The zero-order valence-electron chi connectivity index (χ0n) is 11.6. The zero-order chi connectivity index (χ0) is 15.0. The molecule has 0 saturated carbocycles. The lowest BCUT2D eigenvalue weighted by Crippen LogP contribution is -2.49. The Morgan fingerprint density at radius 3 is 2.43 bits per heavy atom. The van der Waals surface area contributed by atoms with Gasteiger partial charge in [0.15, 0.2) is 0 Å². The van der Waals surface area contributed by atoms with Gasteiger partial charge in [0.05, 0.1) is 4.88 Å². The Morgan fingerprint density at radius 2 is 1.81 bits per heavy atom. The molecule has 3 rings (SSSR count). The predicted molar refractivity (Wildman–Crippen MR) is 79.9 cm³/mol. The van der Waals surface area contributed by atoms with Crippen LogP contribution in [-0.2, 0) is 4.79 Å². The maximum Gasteiger partial charge on any atom is 0.264 e. The maximum absolute atomic E-state index is 13.7. The summed E-state index contributed by atoms with van der Waals surface area (Å²) in [7, 11) is 0. The quantitative estimate of drug-likeness (QED) is 0.811. The fourth-order valence-corrected chi connectivity index (χ4v) is 3.55. The van der Waals surface area contributed by atoms with Crippen LogP contribution in [0.2, 0.25) is 0 Å². The molecule has 2 amide bonds. The molecule has 110 valence electrons. The molecule has 0 bridgehead atoms. The van der Waals surface area contributed by atoms with Gasteiger partial charge >= 0.3 is 0 Å². The number of halogens is 1. The molecule has 1 fully saturated rings. The van der Waals surface area contributed by atoms with Gasteiger partial charge in [0.1, 0.15) is 5.82 Å². The molecule has 0 spiro atoms. The van der Waals surface area contributed by atoms with Gasteiger partial charge in [0.2, 0.25) is 5.91 Å². The molecule has 1 aromatic carbocycles. The molecule has 0 atom stereocenters. The van der Waals surface area contributed by atoms with Gasteiger partial charge in [0, 0.05) is 43.2 Å². The number of fused-ring (bicyclic) bond motifs is 1. The van der Waals surface area contributed by atoms with Crippen LogP contribution < -0.4 is 0 Å². The van der Waals surface area contributed by atoms with E-state index >= 15 is 0 Å². The van der Waals surface area contributed by atoms with Crippen molar-refractivity contribution in [2.45, 2.75) is 6.92 Å². The first-order valence-corrected chi connectivity index (χ1v) is 7.61. The Kier molecular flexibility index (Phi) is 3.63. The average molecular weight is 306 g/mol. The van der Waals surface area contributed by atoms with Crippen LogP contribution in [0.4, 0.5) is 4.39 Å². The van der Waals surface area contributed by atoms with E-state index in [0.29, 0.717) is 36.4 Å². The number of hydrogen-bond acceptors (Lipinski definition) is 3. The number of benzene rings is 1. The van der Waals surface area contributed by atoms with Crippen molar-refractivity contribution in [3.8, 4) is 0 Å². The Balaban J connectivity index is 1.78. The van der Waals surface area contributed by atoms with Crippen molar-refractivity contribution in [2.75, 3.05) is 26.2 Å². The summed E-state index contributed by atoms with van der Waals surface area (Å²) in [6.45, 7) is 3.69. The van der Waals surface area contributed by atoms with E-state index in [-0.39, 0.29) is 17.6 Å². The summed E-state index contributed by atoms with van der Waals surface area (Å²) in [4.78, 5) is 27.8. The Hall–Kier alpha value is -1.95. The zero-order valence-corrected chi connectivity index (χ0v) is 12.5. The molecule has 1 aromatic heterocycles. The van der Waals surface area contributed by atoms with Gasteiger partial charge in [-0.15, -0.1) is 11.3 Å². The van der Waals surface area contributed by atoms with Gasteiger partial charge in [-0.05, 0) is 18.2 Å². The van der Waals surface area contributed by atoms with E-state index in [0.717, 1.165) is 4.70 Å². The number of piperazine rings is 1. The predicted octanol–water partition coefficient (Wildman–Crippen LogP) is 2.34. The molecule has 1 aliphatic rings. The van der Waals surface area contributed by atoms with Gasteiger partial charge < -0.3 is 9.80 Å². The lowest BCUT2D eigenvalue weighted by atomic mass is 10.2. The van der Waals surface area contributed by atoms with Crippen molar-refractivity contribution < 1.29 is 14.0 Å². The Bertz CT molecular complexity index is 705. The van der Waals surface area contributed by atoms with Crippen LogP contribution in [0.3, 0.4) is 0 Å². The molecule has 21 heavy (non-hydrogen) atoms. The van der Waals surface area contributed by atoms with Crippen molar-refractivity contribution in [3.05, 3.63) is 35.0 Å². The molecule has 2 heterocycles. The monoisotopic (exact) mass is 306 g/mol. The topological polar surface area (TPSA) is 40.6 Å². The third kappa shape index (κ3) is 2.63. The summed E-state index contributed by atoms with van der Waals surface area (Å²) in [5, 5.41) is 0.494. The van der Waals surface area contributed by atoms with E-state index < -0.39 is 0 Å². The van der Waals surface area contributed by atoms with Crippen molar-refractivity contribution in [1.29, 1.82) is 0 Å². The van der Waals surface area contributed by atoms with Crippen molar-refractivity contribution in [2.24, 2.45) is 0 Å². The molecule has 6 heteroatoms. The van der Waals surface area contributed by atoms with Crippen LogP contribution in [0.15, 0.2) is 24.3 Å². The molecule has 1 saturated heterocycles. The van der Waals surface area contributed by atoms with E-state index in [9.17, 15) is 14.0 Å². The molecule has 1 aliphatic heterocycles. The highest BCUT2D eigenvalue weighted by atomic mass is 32.1. The van der Waals surface area contributed by atoms with Crippen LogP contribution in [0.5, 0.6) is 0 Å². The molecule has 0 unspecified atom stereocenters. The smallest absolute Gasteiger partial charge is 0.264 e. The first kappa shape index (κ1) is 14.0. The summed E-state index contributed by atoms with van der Waals surface area (Å²) < 4.78 is 14.5. The third-order valence-corrected chi connectivity index (χ3v) is 4.82. The van der Waals surface area contributed by atoms with Crippen molar-refractivity contribution in [1.82, 2.24) is 9.80 Å². The number of carbonyl (C=O) groups excluding carboxylic acids is 2. The number of amides is 2. The third-order valence-electron chi connectivity index (χ3n) is 3.73. The van der Waals surface area contributed by atoms with E-state index in [4.69, 9.17) is 0 Å². The second kappa shape index (κ2) is 5.44. The molecular weight excluding hydrogens is 291 g/mol. The maximum atomic E-state index is 13.7.